The van der Waals surface area contributed by atoms with Crippen LogP contribution in [0.25, 0.3) is 0 Å². The number of ether oxygens (including phenoxy) is 2. The van der Waals surface area contributed by atoms with Gasteiger partial charge in [-0.2, -0.15) is 5.26 Å². The van der Waals surface area contributed by atoms with Crippen LogP contribution in [0.5, 0.6) is 5.75 Å². The number of nitrogens with zero attached hydrogens (tertiary/aromatic N) is 2. The van der Waals surface area contributed by atoms with Crippen molar-refractivity contribution in [2.24, 2.45) is 0 Å². The number of para-hydroxylation sites is 1. The zero-order chi connectivity index (χ0) is 14.0. The zero-order valence-electron chi connectivity index (χ0n) is 11.2. The molecule has 0 aliphatic carbocycles. The van der Waals surface area contributed by atoms with Gasteiger partial charge in [0.2, 0.25) is 0 Å². The number of hydrogen-bond acceptors (Lipinski definition) is 4. The first kappa shape index (κ1) is 14.0. The Morgan fingerprint density at radius 2 is 1.85 bits per heavy atom. The predicted octanol–water partition coefficient (Wildman–Crippen LogP) is 2.59. The highest BCUT2D eigenvalue weighted by atomic mass is 16.5. The van der Waals surface area contributed by atoms with E-state index in [9.17, 15) is 0 Å². The van der Waals surface area contributed by atoms with E-state index < -0.39 is 0 Å². The average molecular weight is 268 g/mol. The summed E-state index contributed by atoms with van der Waals surface area (Å²) in [6.45, 7) is 1.54. The molecule has 20 heavy (non-hydrogen) atoms. The van der Waals surface area contributed by atoms with E-state index in [1.54, 1.807) is 18.3 Å². The summed E-state index contributed by atoms with van der Waals surface area (Å²) >= 11 is 0. The van der Waals surface area contributed by atoms with Crippen LogP contribution in [-0.2, 0) is 11.2 Å². The van der Waals surface area contributed by atoms with Crippen molar-refractivity contribution in [3.05, 3.63) is 59.9 Å². The van der Waals surface area contributed by atoms with Gasteiger partial charge in [-0.15, -0.1) is 0 Å². The van der Waals surface area contributed by atoms with Crippen molar-refractivity contribution < 1.29 is 9.47 Å². The van der Waals surface area contributed by atoms with E-state index in [2.05, 4.69) is 11.1 Å². The number of pyridine rings is 1. The summed E-state index contributed by atoms with van der Waals surface area (Å²) in [6, 6.07) is 15.1. The van der Waals surface area contributed by atoms with E-state index in [0.717, 1.165) is 12.1 Å². The van der Waals surface area contributed by atoms with Gasteiger partial charge in [-0.1, -0.05) is 18.2 Å². The SMILES string of the molecule is N#Cc1ccccc1OCCOCCc1ccccn1. The first-order valence-electron chi connectivity index (χ1n) is 6.50. The molecular weight excluding hydrogens is 252 g/mol. The predicted molar refractivity (Wildman–Crippen MR) is 75.4 cm³/mol. The molecule has 0 spiro atoms. The Morgan fingerprint density at radius 1 is 1.00 bits per heavy atom. The van der Waals surface area contributed by atoms with Crippen LogP contribution in [0.15, 0.2) is 48.7 Å². The summed E-state index contributed by atoms with van der Waals surface area (Å²) < 4.78 is 11.0. The summed E-state index contributed by atoms with van der Waals surface area (Å²) in [5.74, 6) is 0.600. The molecule has 1 aromatic carbocycles. The molecule has 0 bridgehead atoms. The Kier molecular flexibility index (Phi) is 5.56. The highest BCUT2D eigenvalue weighted by molar-refractivity contribution is 5.42. The molecule has 0 fully saturated rings. The fourth-order valence-electron chi connectivity index (χ4n) is 1.72. The second kappa shape index (κ2) is 7.93. The molecule has 0 amide bonds. The third-order valence-electron chi connectivity index (χ3n) is 2.72. The lowest BCUT2D eigenvalue weighted by atomic mass is 10.2. The number of rotatable bonds is 7. The fourth-order valence-corrected chi connectivity index (χ4v) is 1.72. The molecule has 0 saturated carbocycles. The molecule has 0 unspecified atom stereocenters. The lowest BCUT2D eigenvalue weighted by Crippen LogP contribution is -2.09. The molecule has 102 valence electrons. The van der Waals surface area contributed by atoms with Crippen LogP contribution in [-0.4, -0.2) is 24.8 Å². The lowest BCUT2D eigenvalue weighted by molar-refractivity contribution is 0.102. The monoisotopic (exact) mass is 268 g/mol. The van der Waals surface area contributed by atoms with Crippen LogP contribution in [0.4, 0.5) is 0 Å². The van der Waals surface area contributed by atoms with Crippen LogP contribution >= 0.6 is 0 Å². The van der Waals surface area contributed by atoms with Crippen molar-refractivity contribution in [2.45, 2.75) is 6.42 Å². The molecule has 0 radical (unpaired) electrons. The summed E-state index contributed by atoms with van der Waals surface area (Å²) in [7, 11) is 0. The van der Waals surface area contributed by atoms with E-state index in [-0.39, 0.29) is 0 Å². The topological polar surface area (TPSA) is 55.1 Å². The minimum absolute atomic E-state index is 0.431. The number of hydrogen-bond donors (Lipinski definition) is 0. The Bertz CT molecular complexity index is 564. The number of aromatic nitrogens is 1. The fraction of sp³-hybridized carbons (Fsp3) is 0.250. The van der Waals surface area contributed by atoms with Crippen molar-refractivity contribution >= 4 is 0 Å². The third-order valence-corrected chi connectivity index (χ3v) is 2.72. The first-order valence-corrected chi connectivity index (χ1v) is 6.50. The summed E-state index contributed by atoms with van der Waals surface area (Å²) in [5, 5.41) is 8.92. The minimum Gasteiger partial charge on any atom is -0.490 e. The molecule has 0 saturated heterocycles. The Morgan fingerprint density at radius 3 is 2.65 bits per heavy atom. The van der Waals surface area contributed by atoms with Crippen molar-refractivity contribution in [3.8, 4) is 11.8 Å². The standard InChI is InChI=1S/C16H16N2O2/c17-13-14-5-1-2-7-16(14)20-12-11-19-10-8-15-6-3-4-9-18-15/h1-7,9H,8,10-12H2. The highest BCUT2D eigenvalue weighted by Crippen LogP contribution is 2.16. The van der Waals surface area contributed by atoms with Crippen LogP contribution in [0.3, 0.4) is 0 Å². The van der Waals surface area contributed by atoms with E-state index in [0.29, 0.717) is 31.1 Å². The lowest BCUT2D eigenvalue weighted by Gasteiger charge is -2.08. The summed E-state index contributed by atoms with van der Waals surface area (Å²) in [6.07, 6.45) is 2.56. The van der Waals surface area contributed by atoms with Gasteiger partial charge < -0.3 is 9.47 Å². The maximum atomic E-state index is 8.92. The molecule has 4 heteroatoms. The minimum atomic E-state index is 0.431. The maximum Gasteiger partial charge on any atom is 0.137 e. The molecule has 0 aliphatic rings. The molecule has 2 rings (SSSR count). The van der Waals surface area contributed by atoms with Gasteiger partial charge in [0, 0.05) is 18.3 Å². The van der Waals surface area contributed by atoms with Crippen LogP contribution in [0.1, 0.15) is 11.3 Å². The number of nitriles is 1. The summed E-state index contributed by atoms with van der Waals surface area (Å²) in [5.41, 5.74) is 1.56. The van der Waals surface area contributed by atoms with E-state index in [1.165, 1.54) is 0 Å². The van der Waals surface area contributed by atoms with Crippen molar-refractivity contribution in [3.63, 3.8) is 0 Å². The van der Waals surface area contributed by atoms with Gasteiger partial charge in [0.05, 0.1) is 18.8 Å². The number of benzene rings is 1. The van der Waals surface area contributed by atoms with E-state index >= 15 is 0 Å². The van der Waals surface area contributed by atoms with E-state index in [1.807, 2.05) is 30.3 Å². The zero-order valence-corrected chi connectivity index (χ0v) is 11.2. The quantitative estimate of drug-likeness (QED) is 0.724. The second-order valence-corrected chi connectivity index (χ2v) is 4.14. The van der Waals surface area contributed by atoms with Crippen LogP contribution < -0.4 is 4.74 Å². The largest absolute Gasteiger partial charge is 0.490 e. The molecular formula is C16H16N2O2. The maximum absolute atomic E-state index is 8.92. The third kappa shape index (κ3) is 4.38. The van der Waals surface area contributed by atoms with E-state index in [4.69, 9.17) is 14.7 Å². The second-order valence-electron chi connectivity index (χ2n) is 4.14. The Hall–Kier alpha value is -2.38. The smallest absolute Gasteiger partial charge is 0.137 e. The van der Waals surface area contributed by atoms with Gasteiger partial charge in [-0.25, -0.2) is 0 Å². The molecule has 0 N–H and O–H groups in total. The van der Waals surface area contributed by atoms with Gasteiger partial charge in [-0.05, 0) is 24.3 Å². The molecule has 1 aromatic heterocycles. The van der Waals surface area contributed by atoms with Crippen molar-refractivity contribution in [1.82, 2.24) is 4.98 Å². The highest BCUT2D eigenvalue weighted by Gasteiger charge is 2.01. The van der Waals surface area contributed by atoms with Crippen LogP contribution in [0, 0.1) is 11.3 Å². The molecule has 0 atom stereocenters. The van der Waals surface area contributed by atoms with Crippen molar-refractivity contribution in [2.75, 3.05) is 19.8 Å². The van der Waals surface area contributed by atoms with Gasteiger partial charge in [-0.3, -0.25) is 4.98 Å². The molecule has 2 aromatic rings. The Labute approximate surface area is 118 Å². The first-order chi connectivity index (χ1) is 9.90. The van der Waals surface area contributed by atoms with Gasteiger partial charge in [0.15, 0.2) is 0 Å². The summed E-state index contributed by atoms with van der Waals surface area (Å²) in [4.78, 5) is 4.22. The molecule has 1 heterocycles. The molecule has 0 aliphatic heterocycles. The van der Waals surface area contributed by atoms with Crippen LogP contribution in [0.2, 0.25) is 0 Å². The van der Waals surface area contributed by atoms with Gasteiger partial charge >= 0.3 is 0 Å². The normalized spacial score (nSPS) is 9.95. The average Bonchev–Trinajstić information content (AvgIpc) is 2.52. The Balaban J connectivity index is 1.64. The molecule has 4 nitrogen and oxygen atoms in total. The van der Waals surface area contributed by atoms with Crippen molar-refractivity contribution in [1.29, 1.82) is 5.26 Å². The van der Waals surface area contributed by atoms with Gasteiger partial charge in [0.25, 0.3) is 0 Å². The van der Waals surface area contributed by atoms with Gasteiger partial charge in [0.1, 0.15) is 18.4 Å².